The van der Waals surface area contributed by atoms with Crippen LogP contribution in [0.25, 0.3) is 10.9 Å². The number of aryl methyl sites for hydroxylation is 2. The fraction of sp³-hybridized carbons (Fsp3) is 0.211. The Morgan fingerprint density at radius 2 is 1.86 bits per heavy atom. The van der Waals surface area contributed by atoms with Crippen LogP contribution in [0.3, 0.4) is 0 Å². The number of nitrogens with one attached hydrogen (secondary N) is 1. The highest BCUT2D eigenvalue weighted by molar-refractivity contribution is 7.89. The molecular formula is C19H20N4O4S. The van der Waals surface area contributed by atoms with Crippen LogP contribution in [0.4, 0.5) is 5.69 Å². The third-order valence-electron chi connectivity index (χ3n) is 4.60. The highest BCUT2D eigenvalue weighted by atomic mass is 32.2. The molecule has 0 fully saturated rings. The van der Waals surface area contributed by atoms with Crippen LogP contribution < -0.4 is 16.0 Å². The number of aromatic nitrogens is 2. The summed E-state index contributed by atoms with van der Waals surface area (Å²) in [6.45, 7) is 4.88. The lowest BCUT2D eigenvalue weighted by Gasteiger charge is -2.14. The number of nitrogens with two attached hydrogens (primary N) is 1. The number of amides is 1. The van der Waals surface area contributed by atoms with Gasteiger partial charge in [0.25, 0.3) is 5.56 Å². The molecule has 0 aliphatic heterocycles. The molecule has 3 aromatic rings. The Bertz CT molecular complexity index is 1260. The minimum Gasteiger partial charge on any atom is -0.324 e. The zero-order chi connectivity index (χ0) is 20.6. The number of primary sulfonamides is 1. The highest BCUT2D eigenvalue weighted by Crippen LogP contribution is 2.23. The lowest BCUT2D eigenvalue weighted by molar-refractivity contribution is -0.116. The van der Waals surface area contributed by atoms with Gasteiger partial charge in [-0.3, -0.25) is 14.2 Å². The van der Waals surface area contributed by atoms with Gasteiger partial charge >= 0.3 is 0 Å². The zero-order valence-electron chi connectivity index (χ0n) is 15.7. The van der Waals surface area contributed by atoms with Crippen molar-refractivity contribution in [2.24, 2.45) is 5.14 Å². The van der Waals surface area contributed by atoms with Gasteiger partial charge in [-0.15, -0.1) is 0 Å². The molecule has 3 N–H and O–H groups in total. The number of hydrogen-bond acceptors (Lipinski definition) is 5. The van der Waals surface area contributed by atoms with Crippen molar-refractivity contribution >= 4 is 32.5 Å². The number of nitrogens with zero attached hydrogens (tertiary/aromatic N) is 2. The van der Waals surface area contributed by atoms with Crippen LogP contribution in [0.15, 0.2) is 46.1 Å². The van der Waals surface area contributed by atoms with E-state index in [0.29, 0.717) is 33.5 Å². The fourth-order valence-corrected chi connectivity index (χ4v) is 3.54. The Hall–Kier alpha value is -3.04. The van der Waals surface area contributed by atoms with Gasteiger partial charge in [-0.25, -0.2) is 18.5 Å². The second kappa shape index (κ2) is 7.17. The molecule has 0 bridgehead atoms. The summed E-state index contributed by atoms with van der Waals surface area (Å²) in [5.41, 5.74) is 1.95. The molecule has 146 valence electrons. The van der Waals surface area contributed by atoms with E-state index in [0.717, 1.165) is 0 Å². The third-order valence-corrected chi connectivity index (χ3v) is 5.49. The van der Waals surface area contributed by atoms with Crippen molar-refractivity contribution in [1.82, 2.24) is 9.55 Å². The molecule has 0 spiro atoms. The maximum Gasteiger partial charge on any atom is 0.261 e. The summed E-state index contributed by atoms with van der Waals surface area (Å²) in [6, 6.07) is 9.66. The SMILES string of the molecule is Cc1cc(S(N)(=O)=O)cc(NC(=O)Cn2c(C)nc3ccccc3c2=O)c1C. The molecule has 0 unspecified atom stereocenters. The Kier molecular flexibility index (Phi) is 5.05. The molecule has 0 aliphatic carbocycles. The van der Waals surface area contributed by atoms with Gasteiger partial charge in [0.05, 0.1) is 15.8 Å². The maximum atomic E-state index is 12.7. The summed E-state index contributed by atoms with van der Waals surface area (Å²) in [4.78, 5) is 29.5. The quantitative estimate of drug-likeness (QED) is 0.688. The summed E-state index contributed by atoms with van der Waals surface area (Å²) >= 11 is 0. The minimum atomic E-state index is -3.91. The van der Waals surface area contributed by atoms with Crippen LogP contribution in [-0.2, 0) is 21.4 Å². The van der Waals surface area contributed by atoms with Crippen LogP contribution in [-0.4, -0.2) is 23.9 Å². The fourth-order valence-electron chi connectivity index (χ4n) is 2.92. The Morgan fingerprint density at radius 3 is 2.54 bits per heavy atom. The molecular weight excluding hydrogens is 380 g/mol. The first-order valence-electron chi connectivity index (χ1n) is 8.48. The molecule has 3 rings (SSSR count). The third kappa shape index (κ3) is 3.80. The van der Waals surface area contributed by atoms with Crippen molar-refractivity contribution < 1.29 is 13.2 Å². The van der Waals surface area contributed by atoms with E-state index in [9.17, 15) is 18.0 Å². The predicted octanol–water partition coefficient (Wildman–Crippen LogP) is 1.61. The van der Waals surface area contributed by atoms with Crippen LogP contribution >= 0.6 is 0 Å². The monoisotopic (exact) mass is 400 g/mol. The summed E-state index contributed by atoms with van der Waals surface area (Å²) in [5, 5.41) is 8.29. The number of carbonyl (C=O) groups excluding carboxylic acids is 1. The minimum absolute atomic E-state index is 0.0911. The molecule has 0 saturated heterocycles. The zero-order valence-corrected chi connectivity index (χ0v) is 16.5. The average Bonchev–Trinajstić information content (AvgIpc) is 2.61. The molecule has 0 saturated carbocycles. The molecule has 8 nitrogen and oxygen atoms in total. The number of para-hydroxylation sites is 1. The van der Waals surface area contributed by atoms with E-state index in [2.05, 4.69) is 10.3 Å². The Labute approximate surface area is 162 Å². The number of sulfonamides is 1. The first-order valence-corrected chi connectivity index (χ1v) is 10.0. The van der Waals surface area contributed by atoms with Crippen molar-refractivity contribution in [3.8, 4) is 0 Å². The van der Waals surface area contributed by atoms with Crippen LogP contribution in [0, 0.1) is 20.8 Å². The van der Waals surface area contributed by atoms with Gasteiger partial charge in [-0.05, 0) is 56.2 Å². The van der Waals surface area contributed by atoms with E-state index >= 15 is 0 Å². The standard InChI is InChI=1S/C19H20N4O4S/c1-11-8-14(28(20,26)27)9-17(12(11)2)22-18(24)10-23-13(3)21-16-7-5-4-6-15(16)19(23)25/h4-9H,10H2,1-3H3,(H,22,24)(H2,20,26,27). The lowest BCUT2D eigenvalue weighted by Crippen LogP contribution is -2.30. The molecule has 2 aromatic carbocycles. The topological polar surface area (TPSA) is 124 Å². The maximum absolute atomic E-state index is 12.7. The van der Waals surface area contributed by atoms with E-state index in [1.165, 1.54) is 16.7 Å². The Balaban J connectivity index is 1.95. The van der Waals surface area contributed by atoms with Gasteiger partial charge in [0, 0.05) is 5.69 Å². The molecule has 1 heterocycles. The average molecular weight is 400 g/mol. The van der Waals surface area contributed by atoms with Gasteiger partial charge in [0.1, 0.15) is 12.4 Å². The second-order valence-electron chi connectivity index (χ2n) is 6.57. The number of carbonyl (C=O) groups is 1. The number of hydrogen-bond donors (Lipinski definition) is 2. The van der Waals surface area contributed by atoms with E-state index in [1.54, 1.807) is 45.0 Å². The number of fused-ring (bicyclic) bond motifs is 1. The summed E-state index contributed by atoms with van der Waals surface area (Å²) in [5.74, 6) is -0.0682. The van der Waals surface area contributed by atoms with Crippen LogP contribution in [0.2, 0.25) is 0 Å². The van der Waals surface area contributed by atoms with Crippen molar-refractivity contribution in [2.45, 2.75) is 32.2 Å². The number of benzene rings is 2. The molecule has 28 heavy (non-hydrogen) atoms. The van der Waals surface area contributed by atoms with Crippen molar-refractivity contribution in [1.29, 1.82) is 0 Å². The number of anilines is 1. The molecule has 0 radical (unpaired) electrons. The first-order chi connectivity index (χ1) is 13.1. The lowest BCUT2D eigenvalue weighted by atomic mass is 10.1. The van der Waals surface area contributed by atoms with Crippen molar-refractivity contribution in [2.75, 3.05) is 5.32 Å². The summed E-state index contributed by atoms with van der Waals surface area (Å²) < 4.78 is 24.6. The number of rotatable bonds is 4. The summed E-state index contributed by atoms with van der Waals surface area (Å²) in [7, 11) is -3.91. The smallest absolute Gasteiger partial charge is 0.261 e. The molecule has 0 atom stereocenters. The second-order valence-corrected chi connectivity index (χ2v) is 8.13. The van der Waals surface area contributed by atoms with Crippen LogP contribution in [0.1, 0.15) is 17.0 Å². The highest BCUT2D eigenvalue weighted by Gasteiger charge is 2.16. The van der Waals surface area contributed by atoms with Gasteiger partial charge < -0.3 is 5.32 Å². The van der Waals surface area contributed by atoms with Gasteiger partial charge in [-0.2, -0.15) is 0 Å². The first kappa shape index (κ1) is 19.7. The van der Waals surface area contributed by atoms with Gasteiger partial charge in [-0.1, -0.05) is 12.1 Å². The molecule has 1 amide bonds. The van der Waals surface area contributed by atoms with Gasteiger partial charge in [0.2, 0.25) is 15.9 Å². The molecule has 0 aliphatic rings. The van der Waals surface area contributed by atoms with E-state index in [4.69, 9.17) is 5.14 Å². The van der Waals surface area contributed by atoms with Crippen molar-refractivity contribution in [3.63, 3.8) is 0 Å². The predicted molar refractivity (Wildman–Crippen MR) is 107 cm³/mol. The molecule has 1 aromatic heterocycles. The van der Waals surface area contributed by atoms with Crippen LogP contribution in [0.5, 0.6) is 0 Å². The van der Waals surface area contributed by atoms with E-state index in [-0.39, 0.29) is 17.0 Å². The van der Waals surface area contributed by atoms with E-state index in [1.807, 2.05) is 0 Å². The Morgan fingerprint density at radius 1 is 1.18 bits per heavy atom. The normalized spacial score (nSPS) is 11.6. The van der Waals surface area contributed by atoms with Gasteiger partial charge in [0.15, 0.2) is 0 Å². The molecule has 9 heteroatoms. The largest absolute Gasteiger partial charge is 0.324 e. The summed E-state index contributed by atoms with van der Waals surface area (Å²) in [6.07, 6.45) is 0. The van der Waals surface area contributed by atoms with E-state index < -0.39 is 15.9 Å². The van der Waals surface area contributed by atoms with Crippen molar-refractivity contribution in [3.05, 3.63) is 63.7 Å².